The van der Waals surface area contributed by atoms with E-state index >= 15 is 0 Å². The molecule has 0 spiro atoms. The van der Waals surface area contributed by atoms with Gasteiger partial charge in [-0.1, -0.05) is 11.8 Å². The van der Waals surface area contributed by atoms with Crippen molar-refractivity contribution >= 4 is 45.4 Å². The van der Waals surface area contributed by atoms with Gasteiger partial charge in [0, 0.05) is 37.9 Å². The zero-order valence-electron chi connectivity index (χ0n) is 22.2. The number of nitrogens with zero attached hydrogens (tertiary/aromatic N) is 8. The van der Waals surface area contributed by atoms with Crippen molar-refractivity contribution < 1.29 is 9.53 Å². The van der Waals surface area contributed by atoms with Crippen molar-refractivity contribution in [2.45, 2.75) is 25.8 Å². The van der Waals surface area contributed by atoms with Crippen molar-refractivity contribution in [2.75, 3.05) is 23.3 Å². The summed E-state index contributed by atoms with van der Waals surface area (Å²) in [4.78, 5) is 32.0. The fourth-order valence-corrected chi connectivity index (χ4v) is 4.81. The van der Waals surface area contributed by atoms with Crippen molar-refractivity contribution in [1.82, 2.24) is 40.2 Å². The van der Waals surface area contributed by atoms with E-state index in [9.17, 15) is 4.79 Å². The van der Waals surface area contributed by atoms with Crippen LogP contribution in [-0.2, 0) is 11.8 Å². The minimum atomic E-state index is -0.176. The third kappa shape index (κ3) is 5.10. The molecule has 1 saturated heterocycles. The highest BCUT2D eigenvalue weighted by atomic mass is 16.5. The van der Waals surface area contributed by atoms with Gasteiger partial charge in [-0.25, -0.2) is 24.6 Å². The molecule has 0 saturated carbocycles. The Labute approximate surface area is 230 Å². The van der Waals surface area contributed by atoms with Gasteiger partial charge in [-0.2, -0.15) is 0 Å². The standard InChI is InChI=1S/C28H28N10O2/c1-4-25(39)32-19-6-5-11-38(15-19)28-29-14-22-26(34-28)27(31-16-30-22)33-18-7-10-24(17(2)12-18)40-20-8-9-23-21(13-20)35-36-37(23)3/h4,7-10,12-14,16,19H,1,5-6,11,15H2,2-3H3,(H,32,39)(H,30,31,33)/t19-/m0/s1. The number of piperidine rings is 1. The first kappa shape index (κ1) is 25.2. The lowest BCUT2D eigenvalue weighted by molar-refractivity contribution is -0.117. The zero-order valence-corrected chi connectivity index (χ0v) is 22.2. The number of nitrogens with one attached hydrogen (secondary N) is 2. The van der Waals surface area contributed by atoms with Gasteiger partial charge in [-0.3, -0.25) is 4.79 Å². The minimum absolute atomic E-state index is 0.00871. The number of ether oxygens (including phenoxy) is 1. The molecule has 12 nitrogen and oxygen atoms in total. The number of rotatable bonds is 7. The van der Waals surface area contributed by atoms with Crippen LogP contribution in [0.15, 0.2) is 61.6 Å². The van der Waals surface area contributed by atoms with Crippen molar-refractivity contribution in [2.24, 2.45) is 7.05 Å². The first-order valence-corrected chi connectivity index (χ1v) is 13.0. The lowest BCUT2D eigenvalue weighted by Gasteiger charge is -2.33. The van der Waals surface area contributed by atoms with Crippen LogP contribution in [-0.4, -0.2) is 60.0 Å². The summed E-state index contributed by atoms with van der Waals surface area (Å²) < 4.78 is 7.86. The fraction of sp³-hybridized carbons (Fsp3) is 0.250. The molecule has 1 aliphatic rings. The first-order valence-electron chi connectivity index (χ1n) is 13.0. The van der Waals surface area contributed by atoms with Crippen LogP contribution in [0.4, 0.5) is 17.5 Å². The Hall–Kier alpha value is -5.13. The Morgan fingerprint density at radius 3 is 2.90 bits per heavy atom. The van der Waals surface area contributed by atoms with Crippen molar-refractivity contribution in [3.8, 4) is 11.5 Å². The van der Waals surface area contributed by atoms with E-state index in [1.165, 1.54) is 12.4 Å². The molecule has 0 unspecified atom stereocenters. The Balaban J connectivity index is 1.21. The predicted molar refractivity (Wildman–Crippen MR) is 152 cm³/mol. The molecule has 1 amide bonds. The van der Waals surface area contributed by atoms with Gasteiger partial charge < -0.3 is 20.3 Å². The number of aromatic nitrogens is 7. The maximum Gasteiger partial charge on any atom is 0.243 e. The second-order valence-corrected chi connectivity index (χ2v) is 9.69. The number of carbonyl (C=O) groups excluding carboxylic acids is 1. The van der Waals surface area contributed by atoms with Crippen LogP contribution in [0.5, 0.6) is 11.5 Å². The maximum atomic E-state index is 11.8. The zero-order chi connectivity index (χ0) is 27.6. The van der Waals surface area contributed by atoms with Gasteiger partial charge in [0.05, 0.1) is 11.7 Å². The van der Waals surface area contributed by atoms with Gasteiger partial charge in [-0.15, -0.1) is 5.10 Å². The molecule has 1 aliphatic heterocycles. The Bertz CT molecular complexity index is 1730. The lowest BCUT2D eigenvalue weighted by Crippen LogP contribution is -2.47. The molecule has 1 fully saturated rings. The topological polar surface area (TPSA) is 136 Å². The van der Waals surface area contributed by atoms with E-state index in [4.69, 9.17) is 9.72 Å². The Kier molecular flexibility index (Phi) is 6.64. The average Bonchev–Trinajstić information content (AvgIpc) is 3.34. The molecule has 2 N–H and O–H groups in total. The van der Waals surface area contributed by atoms with Crippen LogP contribution in [0.1, 0.15) is 18.4 Å². The van der Waals surface area contributed by atoms with Gasteiger partial charge in [0.2, 0.25) is 11.9 Å². The molecule has 4 heterocycles. The molecule has 0 radical (unpaired) electrons. The molecule has 3 aromatic heterocycles. The number of aryl methyl sites for hydroxylation is 2. The normalized spacial score (nSPS) is 15.2. The predicted octanol–water partition coefficient (Wildman–Crippen LogP) is 3.82. The molecular weight excluding hydrogens is 508 g/mol. The van der Waals surface area contributed by atoms with Gasteiger partial charge in [0.15, 0.2) is 5.82 Å². The van der Waals surface area contributed by atoms with Gasteiger partial charge in [0.1, 0.15) is 34.4 Å². The molecule has 2 aromatic carbocycles. The van der Waals surface area contributed by atoms with E-state index < -0.39 is 0 Å². The SMILES string of the molecule is C=CC(=O)N[C@H]1CCCN(c2ncc3ncnc(Nc4ccc(Oc5ccc6c(c5)nnn6C)c(C)c4)c3n2)C1. The maximum absolute atomic E-state index is 11.8. The van der Waals surface area contributed by atoms with Gasteiger partial charge >= 0.3 is 0 Å². The van der Waals surface area contributed by atoms with Crippen LogP contribution in [0, 0.1) is 6.92 Å². The molecular formula is C28H28N10O2. The summed E-state index contributed by atoms with van der Waals surface area (Å²) >= 11 is 0. The molecule has 202 valence electrons. The highest BCUT2D eigenvalue weighted by Gasteiger charge is 2.23. The summed E-state index contributed by atoms with van der Waals surface area (Å²) in [7, 11) is 1.86. The molecule has 5 aromatic rings. The van der Waals surface area contributed by atoms with Gasteiger partial charge in [-0.05, 0) is 61.7 Å². The molecule has 6 rings (SSSR count). The van der Waals surface area contributed by atoms with Crippen LogP contribution in [0.25, 0.3) is 22.1 Å². The molecule has 1 atom stereocenters. The summed E-state index contributed by atoms with van der Waals surface area (Å²) in [5.74, 6) is 2.39. The summed E-state index contributed by atoms with van der Waals surface area (Å²) in [6.07, 6.45) is 6.29. The Morgan fingerprint density at radius 1 is 1.15 bits per heavy atom. The third-order valence-corrected chi connectivity index (χ3v) is 6.85. The summed E-state index contributed by atoms with van der Waals surface area (Å²) in [6, 6.07) is 11.5. The van der Waals surface area contributed by atoms with E-state index in [2.05, 4.69) is 47.4 Å². The summed E-state index contributed by atoms with van der Waals surface area (Å²) in [5, 5.41) is 14.6. The number of fused-ring (bicyclic) bond motifs is 2. The van der Waals surface area contributed by atoms with E-state index in [1.807, 2.05) is 50.4 Å². The second-order valence-electron chi connectivity index (χ2n) is 9.69. The number of amides is 1. The number of hydrogen-bond acceptors (Lipinski definition) is 10. The second kappa shape index (κ2) is 10.6. The van der Waals surface area contributed by atoms with Crippen LogP contribution >= 0.6 is 0 Å². The quantitative estimate of drug-likeness (QED) is 0.296. The van der Waals surface area contributed by atoms with E-state index in [1.54, 1.807) is 10.9 Å². The fourth-order valence-electron chi connectivity index (χ4n) is 4.81. The van der Waals surface area contributed by atoms with E-state index in [-0.39, 0.29) is 11.9 Å². The van der Waals surface area contributed by atoms with Gasteiger partial charge in [0.25, 0.3) is 0 Å². The van der Waals surface area contributed by atoms with Crippen molar-refractivity contribution in [3.63, 3.8) is 0 Å². The molecule has 0 bridgehead atoms. The number of carbonyl (C=O) groups is 1. The van der Waals surface area contributed by atoms with E-state index in [0.717, 1.165) is 47.4 Å². The summed E-state index contributed by atoms with van der Waals surface area (Å²) in [5.41, 5.74) is 4.73. The van der Waals surface area contributed by atoms with Crippen LogP contribution in [0.2, 0.25) is 0 Å². The average molecular weight is 537 g/mol. The third-order valence-electron chi connectivity index (χ3n) is 6.85. The van der Waals surface area contributed by atoms with Crippen LogP contribution < -0.4 is 20.3 Å². The molecule has 0 aliphatic carbocycles. The minimum Gasteiger partial charge on any atom is -0.457 e. The van der Waals surface area contributed by atoms with Crippen molar-refractivity contribution in [1.29, 1.82) is 0 Å². The van der Waals surface area contributed by atoms with E-state index in [0.29, 0.717) is 35.1 Å². The summed E-state index contributed by atoms with van der Waals surface area (Å²) in [6.45, 7) is 6.94. The smallest absolute Gasteiger partial charge is 0.243 e. The number of benzene rings is 2. The molecule has 40 heavy (non-hydrogen) atoms. The highest BCUT2D eigenvalue weighted by Crippen LogP contribution is 2.31. The Morgan fingerprint density at radius 2 is 2.05 bits per heavy atom. The molecule has 12 heteroatoms. The number of anilines is 3. The largest absolute Gasteiger partial charge is 0.457 e. The van der Waals surface area contributed by atoms with Crippen LogP contribution in [0.3, 0.4) is 0 Å². The highest BCUT2D eigenvalue weighted by molar-refractivity contribution is 5.88. The lowest BCUT2D eigenvalue weighted by atomic mass is 10.1. The monoisotopic (exact) mass is 536 g/mol. The first-order chi connectivity index (χ1) is 19.5. The van der Waals surface area contributed by atoms with Crippen molar-refractivity contribution in [3.05, 3.63) is 67.1 Å². The number of hydrogen-bond donors (Lipinski definition) is 2.